The first-order chi connectivity index (χ1) is 9.26. The number of hydrazine groups is 1. The Kier molecular flexibility index (Phi) is 3.79. The fourth-order valence-electron chi connectivity index (χ4n) is 1.60. The number of rotatable bonds is 3. The molecule has 1 atom stereocenters. The summed E-state index contributed by atoms with van der Waals surface area (Å²) < 4.78 is 56.4. The third kappa shape index (κ3) is 3.35. The molecule has 2 rings (SSSR count). The zero-order valence-corrected chi connectivity index (χ0v) is 10.8. The van der Waals surface area contributed by atoms with E-state index in [0.717, 1.165) is 0 Å². The number of amidine groups is 2. The fraction of sp³-hybridized carbons (Fsp3) is 0.200. The maximum Gasteiger partial charge on any atom is 0.310 e. The van der Waals surface area contributed by atoms with Gasteiger partial charge in [0, 0.05) is 5.56 Å². The SMILES string of the molecule is NN1C(c2ccc(CS(=O)(=O)O)cc2)=NC(F)=NC1F. The van der Waals surface area contributed by atoms with Crippen LogP contribution < -0.4 is 5.84 Å². The third-order valence-electron chi connectivity index (χ3n) is 2.45. The fourth-order valence-corrected chi connectivity index (χ4v) is 2.21. The molecule has 3 N–H and O–H groups in total. The average Bonchev–Trinajstić information content (AvgIpc) is 2.33. The molecule has 0 aliphatic carbocycles. The van der Waals surface area contributed by atoms with Gasteiger partial charge in [0.1, 0.15) is 5.75 Å². The summed E-state index contributed by atoms with van der Waals surface area (Å²) in [4.78, 5) is 6.27. The number of nitrogens with zero attached hydrogens (tertiary/aromatic N) is 3. The lowest BCUT2D eigenvalue weighted by molar-refractivity contribution is 0.160. The summed E-state index contributed by atoms with van der Waals surface area (Å²) in [6.07, 6.45) is -3.32. The molecule has 20 heavy (non-hydrogen) atoms. The van der Waals surface area contributed by atoms with E-state index >= 15 is 0 Å². The Bertz CT molecular complexity index is 672. The highest BCUT2D eigenvalue weighted by molar-refractivity contribution is 7.85. The molecule has 0 saturated carbocycles. The summed E-state index contributed by atoms with van der Waals surface area (Å²) in [7, 11) is -4.15. The van der Waals surface area contributed by atoms with Crippen LogP contribution in [0.2, 0.25) is 0 Å². The number of benzene rings is 1. The van der Waals surface area contributed by atoms with E-state index < -0.39 is 28.4 Å². The van der Waals surface area contributed by atoms with Gasteiger partial charge in [-0.1, -0.05) is 24.3 Å². The lowest BCUT2D eigenvalue weighted by Gasteiger charge is -2.24. The van der Waals surface area contributed by atoms with Crippen molar-refractivity contribution in [2.45, 2.75) is 12.2 Å². The first-order valence-electron chi connectivity index (χ1n) is 5.31. The highest BCUT2D eigenvalue weighted by Crippen LogP contribution is 2.15. The van der Waals surface area contributed by atoms with Crippen molar-refractivity contribution in [3.05, 3.63) is 35.4 Å². The summed E-state index contributed by atoms with van der Waals surface area (Å²) >= 11 is 0. The summed E-state index contributed by atoms with van der Waals surface area (Å²) in [6, 6.07) is 5.50. The third-order valence-corrected chi connectivity index (χ3v) is 3.14. The smallest absolute Gasteiger partial charge is 0.285 e. The van der Waals surface area contributed by atoms with Crippen molar-refractivity contribution in [3.63, 3.8) is 0 Å². The van der Waals surface area contributed by atoms with Gasteiger partial charge in [-0.3, -0.25) is 4.55 Å². The Hall–Kier alpha value is -1.91. The topological polar surface area (TPSA) is 108 Å². The Balaban J connectivity index is 2.28. The van der Waals surface area contributed by atoms with E-state index in [1.807, 2.05) is 0 Å². The van der Waals surface area contributed by atoms with Crippen LogP contribution in [0, 0.1) is 0 Å². The highest BCUT2D eigenvalue weighted by Gasteiger charge is 2.24. The van der Waals surface area contributed by atoms with E-state index in [0.29, 0.717) is 10.6 Å². The molecule has 0 fully saturated rings. The van der Waals surface area contributed by atoms with Gasteiger partial charge in [0.25, 0.3) is 16.5 Å². The van der Waals surface area contributed by atoms with E-state index in [4.69, 9.17) is 10.4 Å². The molecule has 1 aromatic rings. The molecule has 10 heteroatoms. The minimum Gasteiger partial charge on any atom is -0.285 e. The lowest BCUT2D eigenvalue weighted by Crippen LogP contribution is -2.45. The Labute approximate surface area is 113 Å². The van der Waals surface area contributed by atoms with Crippen LogP contribution in [0.4, 0.5) is 8.78 Å². The van der Waals surface area contributed by atoms with Crippen molar-refractivity contribution in [1.82, 2.24) is 5.01 Å². The number of nitrogens with two attached hydrogens (primary N) is 1. The maximum absolute atomic E-state index is 13.2. The van der Waals surface area contributed by atoms with Gasteiger partial charge in [-0.05, 0) is 5.56 Å². The molecule has 0 bridgehead atoms. The number of hydrogen-bond donors (Lipinski definition) is 2. The van der Waals surface area contributed by atoms with E-state index in [-0.39, 0.29) is 11.4 Å². The summed E-state index contributed by atoms with van der Waals surface area (Å²) in [5, 5.41) is 0.543. The van der Waals surface area contributed by atoms with Crippen molar-refractivity contribution < 1.29 is 21.8 Å². The molecular weight excluding hydrogens is 294 g/mol. The van der Waals surface area contributed by atoms with Crippen molar-refractivity contribution in [2.75, 3.05) is 0 Å². The van der Waals surface area contributed by atoms with E-state index in [2.05, 4.69) is 9.98 Å². The van der Waals surface area contributed by atoms with Crippen LogP contribution in [0.1, 0.15) is 11.1 Å². The summed E-state index contributed by atoms with van der Waals surface area (Å²) in [6.45, 7) is 0. The molecule has 0 amide bonds. The van der Waals surface area contributed by atoms with Gasteiger partial charge in [0.2, 0.25) is 0 Å². The lowest BCUT2D eigenvalue weighted by atomic mass is 10.1. The predicted molar refractivity (Wildman–Crippen MR) is 67.7 cm³/mol. The molecule has 1 aliphatic rings. The van der Waals surface area contributed by atoms with Crippen LogP contribution in [-0.2, 0) is 15.9 Å². The van der Waals surface area contributed by atoms with Crippen molar-refractivity contribution in [2.24, 2.45) is 15.8 Å². The Morgan fingerprint density at radius 1 is 1.35 bits per heavy atom. The predicted octanol–water partition coefficient (Wildman–Crippen LogP) is 0.589. The van der Waals surface area contributed by atoms with Crippen molar-refractivity contribution >= 4 is 22.0 Å². The van der Waals surface area contributed by atoms with Gasteiger partial charge < -0.3 is 0 Å². The average molecular weight is 304 g/mol. The second kappa shape index (κ2) is 5.23. The molecule has 0 spiro atoms. The first kappa shape index (κ1) is 14.5. The quantitative estimate of drug-likeness (QED) is 0.482. The molecule has 0 aromatic heterocycles. The number of aliphatic imine (C=N–C) groups is 2. The molecule has 1 heterocycles. The van der Waals surface area contributed by atoms with Gasteiger partial charge >= 0.3 is 6.09 Å². The second-order valence-corrected chi connectivity index (χ2v) is 5.43. The second-order valence-electron chi connectivity index (χ2n) is 3.97. The van der Waals surface area contributed by atoms with Crippen LogP contribution in [0.5, 0.6) is 0 Å². The van der Waals surface area contributed by atoms with Crippen LogP contribution >= 0.6 is 0 Å². The first-order valence-corrected chi connectivity index (χ1v) is 6.91. The zero-order chi connectivity index (χ0) is 14.9. The maximum atomic E-state index is 13.2. The highest BCUT2D eigenvalue weighted by atomic mass is 32.2. The Morgan fingerprint density at radius 2 is 1.95 bits per heavy atom. The summed E-state index contributed by atoms with van der Waals surface area (Å²) in [5.41, 5.74) is 0.585. The van der Waals surface area contributed by atoms with E-state index in [9.17, 15) is 17.2 Å². The van der Waals surface area contributed by atoms with Gasteiger partial charge in [0.05, 0.1) is 0 Å². The van der Waals surface area contributed by atoms with Gasteiger partial charge in [-0.2, -0.15) is 27.2 Å². The minimum atomic E-state index is -4.15. The summed E-state index contributed by atoms with van der Waals surface area (Å²) in [5.74, 6) is 4.64. The Morgan fingerprint density at radius 3 is 2.50 bits per heavy atom. The van der Waals surface area contributed by atoms with Crippen molar-refractivity contribution in [3.8, 4) is 0 Å². The molecule has 7 nitrogen and oxygen atoms in total. The number of halogens is 2. The van der Waals surface area contributed by atoms with E-state index in [1.54, 1.807) is 0 Å². The van der Waals surface area contributed by atoms with Crippen LogP contribution in [0.3, 0.4) is 0 Å². The standard InChI is InChI=1S/C10H10F2N4O3S/c11-9-14-8(16(13)10(12)15-9)7-3-1-6(2-4-7)5-20(17,18)19/h1-4,10H,5,13H2,(H,17,18,19). The molecule has 0 saturated heterocycles. The van der Waals surface area contributed by atoms with Gasteiger partial charge in [-0.15, -0.1) is 0 Å². The van der Waals surface area contributed by atoms with E-state index in [1.165, 1.54) is 24.3 Å². The molecule has 1 unspecified atom stereocenters. The van der Waals surface area contributed by atoms with Crippen LogP contribution in [-0.4, -0.2) is 36.3 Å². The number of alkyl halides is 1. The normalized spacial score (nSPS) is 19.6. The number of hydrogen-bond acceptors (Lipinski definition) is 6. The zero-order valence-electron chi connectivity index (χ0n) is 9.94. The molecule has 1 aliphatic heterocycles. The van der Waals surface area contributed by atoms with Crippen LogP contribution in [0.25, 0.3) is 0 Å². The van der Waals surface area contributed by atoms with Crippen LogP contribution in [0.15, 0.2) is 34.3 Å². The molecular formula is C10H10F2N4O3S. The minimum absolute atomic E-state index is 0.177. The van der Waals surface area contributed by atoms with Crippen molar-refractivity contribution in [1.29, 1.82) is 0 Å². The largest absolute Gasteiger partial charge is 0.310 e. The van der Waals surface area contributed by atoms with Gasteiger partial charge in [0.15, 0.2) is 5.84 Å². The van der Waals surface area contributed by atoms with Gasteiger partial charge in [-0.25, -0.2) is 10.9 Å². The molecule has 108 valence electrons. The molecule has 0 radical (unpaired) electrons. The monoisotopic (exact) mass is 304 g/mol. The molecule has 1 aromatic carbocycles.